The van der Waals surface area contributed by atoms with E-state index in [1.165, 1.54) is 25.7 Å². The third-order valence-corrected chi connectivity index (χ3v) is 5.01. The van der Waals surface area contributed by atoms with E-state index >= 15 is 0 Å². The Balaban J connectivity index is 1.59. The Morgan fingerprint density at radius 3 is 2.35 bits per heavy atom. The lowest BCUT2D eigenvalue weighted by Crippen LogP contribution is -2.36. The highest BCUT2D eigenvalue weighted by Crippen LogP contribution is 2.26. The van der Waals surface area contributed by atoms with Gasteiger partial charge in [-0.2, -0.15) is 11.8 Å². The second-order valence-corrected chi connectivity index (χ2v) is 6.33. The molecule has 0 unspecified atom stereocenters. The van der Waals surface area contributed by atoms with Crippen LogP contribution in [0.15, 0.2) is 24.3 Å². The van der Waals surface area contributed by atoms with Crippen LogP contribution in [0.25, 0.3) is 0 Å². The predicted molar refractivity (Wildman–Crippen MR) is 86.1 cm³/mol. The van der Waals surface area contributed by atoms with E-state index in [9.17, 15) is 0 Å². The van der Waals surface area contributed by atoms with Gasteiger partial charge in [0.05, 0.1) is 7.11 Å². The van der Waals surface area contributed by atoms with E-state index in [-0.39, 0.29) is 0 Å². The van der Waals surface area contributed by atoms with E-state index in [2.05, 4.69) is 11.6 Å². The Morgan fingerprint density at radius 2 is 1.75 bits per heavy atom. The molecular formula is C16H25NO2S. The molecule has 0 bridgehead atoms. The maximum Gasteiger partial charge on any atom is 0.119 e. The molecule has 0 heterocycles. The fourth-order valence-corrected chi connectivity index (χ4v) is 3.35. The van der Waals surface area contributed by atoms with Crippen molar-refractivity contribution < 1.29 is 9.47 Å². The normalized spacial score (nSPS) is 22.5. The molecule has 0 amide bonds. The van der Waals surface area contributed by atoms with Crippen molar-refractivity contribution in [3.8, 4) is 11.5 Å². The van der Waals surface area contributed by atoms with Gasteiger partial charge in [-0.05, 0) is 56.2 Å². The average molecular weight is 295 g/mol. The lowest BCUT2D eigenvalue weighted by molar-refractivity contribution is 0.290. The summed E-state index contributed by atoms with van der Waals surface area (Å²) in [4.78, 5) is 0. The summed E-state index contributed by atoms with van der Waals surface area (Å²) in [5.41, 5.74) is 0. The van der Waals surface area contributed by atoms with Crippen LogP contribution in [0.1, 0.15) is 25.7 Å². The molecule has 0 radical (unpaired) electrons. The highest BCUT2D eigenvalue weighted by Gasteiger charge is 2.19. The summed E-state index contributed by atoms with van der Waals surface area (Å²) in [6, 6.07) is 8.42. The monoisotopic (exact) mass is 295 g/mol. The van der Waals surface area contributed by atoms with Crippen LogP contribution in [0.2, 0.25) is 0 Å². The van der Waals surface area contributed by atoms with Crippen molar-refractivity contribution >= 4 is 11.8 Å². The Morgan fingerprint density at radius 1 is 1.10 bits per heavy atom. The number of ether oxygens (including phenoxy) is 2. The van der Waals surface area contributed by atoms with Crippen LogP contribution in [0.5, 0.6) is 11.5 Å². The molecule has 1 aromatic rings. The van der Waals surface area contributed by atoms with Gasteiger partial charge >= 0.3 is 0 Å². The molecule has 0 saturated heterocycles. The van der Waals surface area contributed by atoms with Gasteiger partial charge in [0, 0.05) is 17.8 Å². The molecule has 3 nitrogen and oxygen atoms in total. The van der Waals surface area contributed by atoms with Crippen LogP contribution in [0.4, 0.5) is 0 Å². The molecule has 1 aromatic carbocycles. The average Bonchev–Trinajstić information content (AvgIpc) is 2.53. The van der Waals surface area contributed by atoms with Crippen LogP contribution < -0.4 is 14.8 Å². The van der Waals surface area contributed by atoms with Gasteiger partial charge in [0.15, 0.2) is 0 Å². The molecule has 20 heavy (non-hydrogen) atoms. The molecule has 0 aliphatic heterocycles. The Kier molecular flexibility index (Phi) is 6.54. The van der Waals surface area contributed by atoms with E-state index in [0.717, 1.165) is 29.9 Å². The fourth-order valence-electron chi connectivity index (χ4n) is 2.61. The van der Waals surface area contributed by atoms with Crippen LogP contribution in [-0.4, -0.2) is 37.8 Å². The molecule has 1 aliphatic rings. The molecule has 1 saturated carbocycles. The minimum atomic E-state index is 0.679. The largest absolute Gasteiger partial charge is 0.497 e. The molecule has 2 rings (SSSR count). The van der Waals surface area contributed by atoms with E-state index in [4.69, 9.17) is 9.47 Å². The van der Waals surface area contributed by atoms with Gasteiger partial charge in [-0.25, -0.2) is 0 Å². The zero-order chi connectivity index (χ0) is 14.2. The van der Waals surface area contributed by atoms with Gasteiger partial charge in [0.25, 0.3) is 0 Å². The van der Waals surface area contributed by atoms with Gasteiger partial charge in [-0.3, -0.25) is 0 Å². The Labute approximate surface area is 126 Å². The van der Waals surface area contributed by atoms with Gasteiger partial charge in [-0.15, -0.1) is 0 Å². The van der Waals surface area contributed by atoms with Crippen LogP contribution >= 0.6 is 11.8 Å². The fraction of sp³-hybridized carbons (Fsp3) is 0.625. The number of benzene rings is 1. The quantitative estimate of drug-likeness (QED) is 0.782. The summed E-state index contributed by atoms with van der Waals surface area (Å²) in [6.07, 6.45) is 7.51. The standard InChI is InChI=1S/C16H25NO2S/c1-18-14-5-7-15(8-6-14)19-12-11-17-13-3-9-16(20-2)10-4-13/h5-8,13,16-17H,3-4,9-12H2,1-2H3. The van der Waals surface area contributed by atoms with E-state index in [0.29, 0.717) is 6.04 Å². The molecule has 0 spiro atoms. The smallest absolute Gasteiger partial charge is 0.119 e. The molecule has 1 aliphatic carbocycles. The number of hydrogen-bond donors (Lipinski definition) is 1. The first-order valence-corrected chi connectivity index (χ1v) is 8.63. The summed E-state index contributed by atoms with van der Waals surface area (Å²) < 4.78 is 10.8. The van der Waals surface area contributed by atoms with Crippen LogP contribution in [-0.2, 0) is 0 Å². The summed E-state index contributed by atoms with van der Waals surface area (Å²) in [6.45, 7) is 1.63. The number of methoxy groups -OCH3 is 1. The Hall–Kier alpha value is -0.870. The van der Waals surface area contributed by atoms with Crippen molar-refractivity contribution in [2.24, 2.45) is 0 Å². The second kappa shape index (κ2) is 8.42. The van der Waals surface area contributed by atoms with Crippen molar-refractivity contribution in [2.75, 3.05) is 26.5 Å². The summed E-state index contributed by atoms with van der Waals surface area (Å²) >= 11 is 2.01. The predicted octanol–water partition coefficient (Wildman–Crippen LogP) is 3.34. The van der Waals surface area contributed by atoms with Crippen molar-refractivity contribution in [2.45, 2.75) is 37.0 Å². The summed E-state index contributed by atoms with van der Waals surface area (Å²) in [5, 5.41) is 4.48. The second-order valence-electron chi connectivity index (χ2n) is 5.19. The van der Waals surface area contributed by atoms with Crippen molar-refractivity contribution in [1.82, 2.24) is 5.32 Å². The highest BCUT2D eigenvalue weighted by molar-refractivity contribution is 7.99. The topological polar surface area (TPSA) is 30.5 Å². The molecular weight excluding hydrogens is 270 g/mol. The molecule has 112 valence electrons. The van der Waals surface area contributed by atoms with Gasteiger partial charge in [-0.1, -0.05) is 0 Å². The van der Waals surface area contributed by atoms with Crippen LogP contribution in [0, 0.1) is 0 Å². The first kappa shape index (κ1) is 15.5. The molecule has 1 fully saturated rings. The number of nitrogens with one attached hydrogen (secondary N) is 1. The summed E-state index contributed by atoms with van der Waals surface area (Å²) in [5.74, 6) is 1.76. The molecule has 0 atom stereocenters. The van der Waals surface area contributed by atoms with E-state index in [1.54, 1.807) is 7.11 Å². The van der Waals surface area contributed by atoms with Gasteiger partial charge in [0.2, 0.25) is 0 Å². The number of thioether (sulfide) groups is 1. The zero-order valence-corrected chi connectivity index (χ0v) is 13.2. The van der Waals surface area contributed by atoms with Crippen LogP contribution in [0.3, 0.4) is 0 Å². The SMILES string of the molecule is COc1ccc(OCCNC2CCC(SC)CC2)cc1. The number of rotatable bonds is 7. The maximum atomic E-state index is 5.72. The van der Waals surface area contributed by atoms with Gasteiger partial charge < -0.3 is 14.8 Å². The lowest BCUT2D eigenvalue weighted by atomic mass is 9.95. The Bertz CT molecular complexity index is 375. The minimum absolute atomic E-state index is 0.679. The molecule has 1 N–H and O–H groups in total. The number of hydrogen-bond acceptors (Lipinski definition) is 4. The molecule has 0 aromatic heterocycles. The maximum absolute atomic E-state index is 5.72. The van der Waals surface area contributed by atoms with Crippen molar-refractivity contribution in [1.29, 1.82) is 0 Å². The highest BCUT2D eigenvalue weighted by atomic mass is 32.2. The lowest BCUT2D eigenvalue weighted by Gasteiger charge is -2.28. The molecule has 4 heteroatoms. The first-order chi connectivity index (χ1) is 9.81. The van der Waals surface area contributed by atoms with E-state index < -0.39 is 0 Å². The first-order valence-electron chi connectivity index (χ1n) is 7.35. The van der Waals surface area contributed by atoms with E-state index in [1.807, 2.05) is 36.0 Å². The minimum Gasteiger partial charge on any atom is -0.497 e. The van der Waals surface area contributed by atoms with Crippen molar-refractivity contribution in [3.63, 3.8) is 0 Å². The zero-order valence-electron chi connectivity index (χ0n) is 12.4. The van der Waals surface area contributed by atoms with Crippen molar-refractivity contribution in [3.05, 3.63) is 24.3 Å². The third-order valence-electron chi connectivity index (χ3n) is 3.87. The third kappa shape index (κ3) is 4.91. The van der Waals surface area contributed by atoms with Gasteiger partial charge in [0.1, 0.15) is 18.1 Å². The summed E-state index contributed by atoms with van der Waals surface area (Å²) in [7, 11) is 1.67.